The van der Waals surface area contributed by atoms with Gasteiger partial charge in [0.2, 0.25) is 0 Å². The fraction of sp³-hybridized carbons (Fsp3) is 0.647. The Hall–Kier alpha value is -1.02. The van der Waals surface area contributed by atoms with E-state index in [9.17, 15) is 5.11 Å². The molecule has 0 aromatic heterocycles. The average Bonchev–Trinajstić information content (AvgIpc) is 2.74. The van der Waals surface area contributed by atoms with Crippen molar-refractivity contribution in [2.45, 2.75) is 57.5 Å². The van der Waals surface area contributed by atoms with E-state index in [-0.39, 0.29) is 6.61 Å². The standard InChI is InChI=1S/C17H25NO/c1-2-10-18-13-17(8-4-3-5-9-17)15-11-14(12-19)6-7-16(15)18/h6-7,11,19H,2-5,8-10,12-13H2,1H3. The van der Waals surface area contributed by atoms with Gasteiger partial charge in [-0.15, -0.1) is 0 Å². The summed E-state index contributed by atoms with van der Waals surface area (Å²) in [5.74, 6) is 0. The molecule has 0 saturated heterocycles. The zero-order chi connectivity index (χ0) is 13.3. The maximum atomic E-state index is 9.41. The highest BCUT2D eigenvalue weighted by molar-refractivity contribution is 5.63. The molecule has 0 bridgehead atoms. The molecule has 0 amide bonds. The van der Waals surface area contributed by atoms with Crippen LogP contribution in [0.2, 0.25) is 0 Å². The van der Waals surface area contributed by atoms with Crippen molar-refractivity contribution in [3.05, 3.63) is 29.3 Å². The second-order valence-corrected chi connectivity index (χ2v) is 6.27. The lowest BCUT2D eigenvalue weighted by atomic mass is 9.70. The van der Waals surface area contributed by atoms with Crippen LogP contribution in [0.1, 0.15) is 56.6 Å². The van der Waals surface area contributed by atoms with E-state index in [0.717, 1.165) is 12.1 Å². The number of anilines is 1. The first kappa shape index (κ1) is 13.0. The minimum Gasteiger partial charge on any atom is -0.392 e. The minimum atomic E-state index is 0.164. The predicted molar refractivity (Wildman–Crippen MR) is 79.6 cm³/mol. The van der Waals surface area contributed by atoms with Gasteiger partial charge in [-0.2, -0.15) is 0 Å². The first-order chi connectivity index (χ1) is 9.29. The van der Waals surface area contributed by atoms with E-state index >= 15 is 0 Å². The quantitative estimate of drug-likeness (QED) is 0.896. The number of benzene rings is 1. The molecule has 2 nitrogen and oxygen atoms in total. The van der Waals surface area contributed by atoms with Crippen molar-refractivity contribution >= 4 is 5.69 Å². The second kappa shape index (κ2) is 5.16. The zero-order valence-electron chi connectivity index (χ0n) is 12.0. The largest absolute Gasteiger partial charge is 0.392 e. The first-order valence-corrected chi connectivity index (χ1v) is 7.78. The number of nitrogens with zero attached hydrogens (tertiary/aromatic N) is 1. The molecule has 1 aromatic rings. The molecule has 1 fully saturated rings. The van der Waals surface area contributed by atoms with Crippen LogP contribution in [0.15, 0.2) is 18.2 Å². The molecule has 1 aliphatic heterocycles. The van der Waals surface area contributed by atoms with Gasteiger partial charge in [-0.3, -0.25) is 0 Å². The van der Waals surface area contributed by atoms with E-state index in [0.29, 0.717) is 5.41 Å². The highest BCUT2D eigenvalue weighted by atomic mass is 16.3. The number of aliphatic hydroxyl groups is 1. The lowest BCUT2D eigenvalue weighted by molar-refractivity contribution is 0.280. The summed E-state index contributed by atoms with van der Waals surface area (Å²) in [5, 5.41) is 9.41. The summed E-state index contributed by atoms with van der Waals surface area (Å²) < 4.78 is 0. The van der Waals surface area contributed by atoms with Gasteiger partial charge >= 0.3 is 0 Å². The van der Waals surface area contributed by atoms with Crippen LogP contribution in [-0.4, -0.2) is 18.2 Å². The van der Waals surface area contributed by atoms with E-state index in [2.05, 4.69) is 30.0 Å². The smallest absolute Gasteiger partial charge is 0.0681 e. The van der Waals surface area contributed by atoms with E-state index in [1.165, 1.54) is 56.3 Å². The minimum absolute atomic E-state index is 0.164. The van der Waals surface area contributed by atoms with Crippen molar-refractivity contribution < 1.29 is 5.11 Å². The molecule has 0 unspecified atom stereocenters. The summed E-state index contributed by atoms with van der Waals surface area (Å²) in [4.78, 5) is 2.57. The fourth-order valence-corrected chi connectivity index (χ4v) is 4.04. The zero-order valence-corrected chi connectivity index (χ0v) is 12.0. The summed E-state index contributed by atoms with van der Waals surface area (Å²) in [6.07, 6.45) is 7.98. The Kier molecular flexibility index (Phi) is 3.53. The van der Waals surface area contributed by atoms with Crippen LogP contribution in [0, 0.1) is 0 Å². The summed E-state index contributed by atoms with van der Waals surface area (Å²) in [6, 6.07) is 6.60. The normalized spacial score (nSPS) is 20.8. The highest BCUT2D eigenvalue weighted by Gasteiger charge is 2.42. The van der Waals surface area contributed by atoms with Gasteiger partial charge in [0.25, 0.3) is 0 Å². The number of aliphatic hydroxyl groups excluding tert-OH is 1. The van der Waals surface area contributed by atoms with Crippen molar-refractivity contribution in [3.63, 3.8) is 0 Å². The molecule has 1 aromatic carbocycles. The third kappa shape index (κ3) is 2.16. The fourth-order valence-electron chi connectivity index (χ4n) is 4.04. The van der Waals surface area contributed by atoms with E-state index in [4.69, 9.17) is 0 Å². The predicted octanol–water partition coefficient (Wildman–Crippen LogP) is 3.61. The van der Waals surface area contributed by atoms with Crippen LogP contribution in [0.4, 0.5) is 5.69 Å². The Morgan fingerprint density at radius 2 is 2.00 bits per heavy atom. The Bertz CT molecular complexity index is 449. The van der Waals surface area contributed by atoms with Crippen LogP contribution in [0.5, 0.6) is 0 Å². The number of fused-ring (bicyclic) bond motifs is 2. The van der Waals surface area contributed by atoms with Gasteiger partial charge in [0.15, 0.2) is 0 Å². The van der Waals surface area contributed by atoms with E-state index < -0.39 is 0 Å². The molecular weight excluding hydrogens is 234 g/mol. The molecular formula is C17H25NO. The maximum Gasteiger partial charge on any atom is 0.0681 e. The number of hydrogen-bond donors (Lipinski definition) is 1. The van der Waals surface area contributed by atoms with Crippen molar-refractivity contribution in [2.75, 3.05) is 18.0 Å². The topological polar surface area (TPSA) is 23.5 Å². The summed E-state index contributed by atoms with van der Waals surface area (Å²) >= 11 is 0. The van der Waals surface area contributed by atoms with Crippen LogP contribution < -0.4 is 4.90 Å². The van der Waals surface area contributed by atoms with Crippen LogP contribution >= 0.6 is 0 Å². The second-order valence-electron chi connectivity index (χ2n) is 6.27. The third-order valence-electron chi connectivity index (χ3n) is 4.95. The lowest BCUT2D eigenvalue weighted by Gasteiger charge is -2.34. The monoisotopic (exact) mass is 259 g/mol. The van der Waals surface area contributed by atoms with Crippen LogP contribution in [0.3, 0.4) is 0 Å². The molecule has 1 spiro atoms. The first-order valence-electron chi connectivity index (χ1n) is 7.78. The molecule has 19 heavy (non-hydrogen) atoms. The van der Waals surface area contributed by atoms with Gasteiger partial charge in [-0.25, -0.2) is 0 Å². The SMILES string of the molecule is CCCN1CC2(CCCCC2)c2cc(CO)ccc21. The molecule has 0 radical (unpaired) electrons. The number of hydrogen-bond acceptors (Lipinski definition) is 2. The molecule has 1 saturated carbocycles. The van der Waals surface area contributed by atoms with Crippen molar-refractivity contribution in [1.29, 1.82) is 0 Å². The van der Waals surface area contributed by atoms with E-state index in [1.807, 2.05) is 0 Å². The molecule has 1 N–H and O–H groups in total. The average molecular weight is 259 g/mol. The van der Waals surface area contributed by atoms with Gasteiger partial charge < -0.3 is 10.0 Å². The lowest BCUT2D eigenvalue weighted by Crippen LogP contribution is -2.35. The van der Waals surface area contributed by atoms with Crippen molar-refractivity contribution in [2.24, 2.45) is 0 Å². The van der Waals surface area contributed by atoms with Crippen molar-refractivity contribution in [3.8, 4) is 0 Å². The molecule has 104 valence electrons. The Balaban J connectivity index is 2.01. The number of rotatable bonds is 3. The molecule has 1 aliphatic carbocycles. The summed E-state index contributed by atoms with van der Waals surface area (Å²) in [5.41, 5.74) is 4.41. The molecule has 2 aliphatic rings. The molecule has 2 heteroatoms. The van der Waals surface area contributed by atoms with Crippen molar-refractivity contribution in [1.82, 2.24) is 0 Å². The molecule has 1 heterocycles. The van der Waals surface area contributed by atoms with Gasteiger partial charge in [-0.05, 0) is 36.5 Å². The third-order valence-corrected chi connectivity index (χ3v) is 4.95. The molecule has 0 atom stereocenters. The summed E-state index contributed by atoms with van der Waals surface area (Å²) in [6.45, 7) is 4.78. The van der Waals surface area contributed by atoms with Gasteiger partial charge in [0, 0.05) is 24.2 Å². The maximum absolute atomic E-state index is 9.41. The highest BCUT2D eigenvalue weighted by Crippen LogP contribution is 2.49. The summed E-state index contributed by atoms with van der Waals surface area (Å²) in [7, 11) is 0. The van der Waals surface area contributed by atoms with Gasteiger partial charge in [-0.1, -0.05) is 38.3 Å². The van der Waals surface area contributed by atoms with Crippen LogP contribution in [-0.2, 0) is 12.0 Å². The van der Waals surface area contributed by atoms with Gasteiger partial charge in [0.05, 0.1) is 6.61 Å². The Morgan fingerprint density at radius 3 is 2.68 bits per heavy atom. The van der Waals surface area contributed by atoms with E-state index in [1.54, 1.807) is 0 Å². The van der Waals surface area contributed by atoms with Gasteiger partial charge in [0.1, 0.15) is 0 Å². The molecule has 3 rings (SSSR count). The Morgan fingerprint density at radius 1 is 1.21 bits per heavy atom. The van der Waals surface area contributed by atoms with Crippen LogP contribution in [0.25, 0.3) is 0 Å². The Labute approximate surface area is 116 Å².